The average Bonchev–Trinajstić information content (AvgIpc) is 3.45. The van der Waals surface area contributed by atoms with Gasteiger partial charge in [-0.25, -0.2) is 13.8 Å². The molecule has 1 saturated heterocycles. The van der Waals surface area contributed by atoms with Gasteiger partial charge in [0.15, 0.2) is 0 Å². The van der Waals surface area contributed by atoms with Gasteiger partial charge in [-0.1, -0.05) is 0 Å². The normalized spacial score (nSPS) is 33.0. The van der Waals surface area contributed by atoms with Crippen LogP contribution in [0.1, 0.15) is 73.5 Å². The molecule has 5 atom stereocenters. The van der Waals surface area contributed by atoms with E-state index in [1.165, 1.54) is 12.1 Å². The Morgan fingerprint density at radius 2 is 1.92 bits per heavy atom. The molecule has 4 bridgehead atoms. The smallest absolute Gasteiger partial charge is 0.270 e. The fourth-order valence-electron chi connectivity index (χ4n) is 8.14. The lowest BCUT2D eigenvalue weighted by atomic mass is 9.51. The third-order valence-corrected chi connectivity index (χ3v) is 9.03. The summed E-state index contributed by atoms with van der Waals surface area (Å²) in [5.74, 6) is -0.0911. The average molecular weight is 493 g/mol. The fourth-order valence-corrected chi connectivity index (χ4v) is 8.14. The van der Waals surface area contributed by atoms with E-state index in [1.807, 2.05) is 18.3 Å². The van der Waals surface area contributed by atoms with Crippen LogP contribution >= 0.6 is 0 Å². The number of aromatic nitrogens is 2. The SMILES string of the molecule is O=C(N[C@]12C[C@@H]3C[C@@H](C[C@@](O)(C3)C1)C2)c1cnc2ccc(N3CCCC3c3cc(F)ccc3F)cn12. The number of pyridine rings is 1. The standard InChI is InChI=1S/C28H30F2N4O2/c29-19-3-5-22(30)21(9-19)23-2-1-7-33(23)20-4-6-25-31-14-24(34(25)15-20)26(35)32-27-10-17-8-18(11-27)13-28(36,12-17)16-27/h3-6,9,14-15,17-18,23,36H,1-2,7-8,10-13,16H2,(H,32,35)/t17-,18+,23?,27-,28-. The van der Waals surface area contributed by atoms with E-state index in [2.05, 4.69) is 15.2 Å². The Morgan fingerprint density at radius 3 is 2.69 bits per heavy atom. The first-order chi connectivity index (χ1) is 17.3. The van der Waals surface area contributed by atoms with Gasteiger partial charge in [0, 0.05) is 23.8 Å². The van der Waals surface area contributed by atoms with Crippen LogP contribution in [0.4, 0.5) is 14.5 Å². The fraction of sp³-hybridized carbons (Fsp3) is 0.500. The number of fused-ring (bicyclic) bond motifs is 1. The van der Waals surface area contributed by atoms with Gasteiger partial charge in [0.2, 0.25) is 0 Å². The van der Waals surface area contributed by atoms with E-state index in [1.54, 1.807) is 10.6 Å². The quantitative estimate of drug-likeness (QED) is 0.551. The second kappa shape index (κ2) is 7.75. The number of aliphatic hydroxyl groups is 1. The molecule has 3 aromatic rings. The third kappa shape index (κ3) is 3.52. The Morgan fingerprint density at radius 1 is 1.11 bits per heavy atom. The number of nitrogens with one attached hydrogen (secondary N) is 1. The first-order valence-corrected chi connectivity index (χ1v) is 13.0. The number of hydrogen-bond donors (Lipinski definition) is 2. The minimum absolute atomic E-state index is 0.181. The second-order valence-electron chi connectivity index (χ2n) is 11.7. The van der Waals surface area contributed by atoms with E-state index in [4.69, 9.17) is 0 Å². The van der Waals surface area contributed by atoms with E-state index >= 15 is 0 Å². The second-order valence-corrected chi connectivity index (χ2v) is 11.7. The van der Waals surface area contributed by atoms with E-state index in [-0.39, 0.29) is 17.5 Å². The molecule has 8 rings (SSSR count). The number of imidazole rings is 1. The zero-order valence-corrected chi connectivity index (χ0v) is 20.1. The Labute approximate surface area is 208 Å². The van der Waals surface area contributed by atoms with Crippen molar-refractivity contribution in [2.75, 3.05) is 11.4 Å². The number of nitrogens with zero attached hydrogens (tertiary/aromatic N) is 3. The number of benzene rings is 1. The Bertz CT molecular complexity index is 1360. The van der Waals surface area contributed by atoms with Gasteiger partial charge < -0.3 is 15.3 Å². The van der Waals surface area contributed by atoms with Gasteiger partial charge in [-0.2, -0.15) is 0 Å². The van der Waals surface area contributed by atoms with Crippen molar-refractivity contribution < 1.29 is 18.7 Å². The molecule has 2 N–H and O–H groups in total. The highest BCUT2D eigenvalue weighted by atomic mass is 19.1. The molecule has 0 radical (unpaired) electrons. The van der Waals surface area contributed by atoms with E-state index in [0.29, 0.717) is 41.7 Å². The van der Waals surface area contributed by atoms with E-state index < -0.39 is 17.2 Å². The largest absolute Gasteiger partial charge is 0.390 e. The van der Waals surface area contributed by atoms with E-state index in [0.717, 1.165) is 56.7 Å². The third-order valence-electron chi connectivity index (χ3n) is 9.03. The summed E-state index contributed by atoms with van der Waals surface area (Å²) >= 11 is 0. The summed E-state index contributed by atoms with van der Waals surface area (Å²) in [6, 6.07) is 7.12. The molecule has 1 unspecified atom stereocenters. The van der Waals surface area contributed by atoms with Gasteiger partial charge in [0.1, 0.15) is 23.0 Å². The first kappa shape index (κ1) is 22.2. The molecule has 1 aromatic carbocycles. The van der Waals surface area contributed by atoms with Gasteiger partial charge in [-0.3, -0.25) is 9.20 Å². The highest BCUT2D eigenvalue weighted by molar-refractivity contribution is 5.94. The number of amides is 1. The molecule has 6 nitrogen and oxygen atoms in total. The van der Waals surface area contributed by atoms with Crippen LogP contribution in [0.3, 0.4) is 0 Å². The monoisotopic (exact) mass is 492 g/mol. The van der Waals surface area contributed by atoms with Crippen LogP contribution in [-0.2, 0) is 0 Å². The van der Waals surface area contributed by atoms with Crippen LogP contribution in [0, 0.1) is 23.5 Å². The topological polar surface area (TPSA) is 69.9 Å². The Hall–Kier alpha value is -3.00. The van der Waals surface area contributed by atoms with Crippen molar-refractivity contribution in [2.24, 2.45) is 11.8 Å². The maximum absolute atomic E-state index is 14.6. The van der Waals surface area contributed by atoms with Crippen LogP contribution in [0.15, 0.2) is 42.7 Å². The molecule has 1 aliphatic heterocycles. The van der Waals surface area contributed by atoms with E-state index in [9.17, 15) is 18.7 Å². The molecule has 0 spiro atoms. The maximum atomic E-state index is 14.6. The summed E-state index contributed by atoms with van der Waals surface area (Å²) in [6.07, 6.45) is 10.4. The summed E-state index contributed by atoms with van der Waals surface area (Å²) < 4.78 is 30.3. The number of carbonyl (C=O) groups is 1. The molecule has 4 aliphatic carbocycles. The predicted octanol–water partition coefficient (Wildman–Crippen LogP) is 4.77. The zero-order valence-electron chi connectivity index (χ0n) is 20.1. The molecule has 5 aliphatic rings. The molecular formula is C28H30F2N4O2. The molecule has 3 heterocycles. The minimum atomic E-state index is -0.652. The molecular weight excluding hydrogens is 462 g/mol. The van der Waals surface area contributed by atoms with Gasteiger partial charge in [-0.15, -0.1) is 0 Å². The number of hydrogen-bond acceptors (Lipinski definition) is 4. The van der Waals surface area contributed by atoms with Crippen molar-refractivity contribution in [1.82, 2.24) is 14.7 Å². The van der Waals surface area contributed by atoms with Crippen molar-refractivity contribution >= 4 is 17.2 Å². The lowest BCUT2D eigenvalue weighted by Crippen LogP contribution is -2.65. The highest BCUT2D eigenvalue weighted by Gasteiger charge is 2.57. The lowest BCUT2D eigenvalue weighted by Gasteiger charge is -2.60. The van der Waals surface area contributed by atoms with Crippen LogP contribution in [-0.4, -0.2) is 38.1 Å². The Balaban J connectivity index is 1.19. The Kier molecular flexibility index (Phi) is 4.78. The van der Waals surface area contributed by atoms with Crippen LogP contribution in [0.5, 0.6) is 0 Å². The lowest BCUT2D eigenvalue weighted by molar-refractivity contribution is -0.139. The molecule has 1 amide bonds. The minimum Gasteiger partial charge on any atom is -0.390 e. The zero-order chi connectivity index (χ0) is 24.7. The van der Waals surface area contributed by atoms with Gasteiger partial charge in [0.05, 0.1) is 23.5 Å². The van der Waals surface area contributed by atoms with Crippen LogP contribution < -0.4 is 10.2 Å². The highest BCUT2D eigenvalue weighted by Crippen LogP contribution is 2.57. The summed E-state index contributed by atoms with van der Waals surface area (Å²) in [7, 11) is 0. The summed E-state index contributed by atoms with van der Waals surface area (Å²) in [6.45, 7) is 0.715. The van der Waals surface area contributed by atoms with Crippen molar-refractivity contribution in [3.63, 3.8) is 0 Å². The molecule has 4 saturated carbocycles. The number of halogens is 2. The number of anilines is 1. The van der Waals surface area contributed by atoms with Gasteiger partial charge in [-0.05, 0) is 93.5 Å². The molecule has 5 fully saturated rings. The summed E-state index contributed by atoms with van der Waals surface area (Å²) in [5, 5.41) is 14.4. The number of carbonyl (C=O) groups excluding carboxylic acids is 1. The van der Waals surface area contributed by atoms with Crippen molar-refractivity contribution in [3.8, 4) is 0 Å². The number of rotatable bonds is 4. The van der Waals surface area contributed by atoms with Gasteiger partial charge >= 0.3 is 0 Å². The summed E-state index contributed by atoms with van der Waals surface area (Å²) in [4.78, 5) is 20.1. The summed E-state index contributed by atoms with van der Waals surface area (Å²) in [5.41, 5.74) is 1.29. The van der Waals surface area contributed by atoms with Crippen molar-refractivity contribution in [1.29, 1.82) is 0 Å². The van der Waals surface area contributed by atoms with Crippen molar-refractivity contribution in [2.45, 2.75) is 68.5 Å². The van der Waals surface area contributed by atoms with Crippen molar-refractivity contribution in [3.05, 3.63) is 65.6 Å². The molecule has 188 valence electrons. The van der Waals surface area contributed by atoms with Crippen LogP contribution in [0.25, 0.3) is 5.65 Å². The molecule has 36 heavy (non-hydrogen) atoms. The van der Waals surface area contributed by atoms with Gasteiger partial charge in [0.25, 0.3) is 5.91 Å². The molecule has 2 aromatic heterocycles. The first-order valence-electron chi connectivity index (χ1n) is 13.0. The van der Waals surface area contributed by atoms with Crippen LogP contribution in [0.2, 0.25) is 0 Å². The molecule has 8 heteroatoms. The maximum Gasteiger partial charge on any atom is 0.270 e. The predicted molar refractivity (Wildman–Crippen MR) is 131 cm³/mol.